The molecule has 0 aliphatic carbocycles. The second-order valence-corrected chi connectivity index (χ2v) is 5.33. The second kappa shape index (κ2) is 6.37. The van der Waals surface area contributed by atoms with Crippen LogP contribution in [0.5, 0.6) is 6.01 Å². The van der Waals surface area contributed by atoms with Crippen molar-refractivity contribution >= 4 is 0 Å². The summed E-state index contributed by atoms with van der Waals surface area (Å²) in [4.78, 5) is 16.0. The van der Waals surface area contributed by atoms with Gasteiger partial charge in [0.15, 0.2) is 0 Å². The third-order valence-corrected chi connectivity index (χ3v) is 3.02. The average Bonchev–Trinajstić information content (AvgIpc) is 2.35. The number of unbranched alkanes of at least 4 members (excludes halogenated alkanes) is 1. The number of hydrogen-bond donors (Lipinski definition) is 0. The fraction of sp³-hybridized carbons (Fsp3) is 0.643. The molecule has 0 radical (unpaired) electrons. The minimum absolute atomic E-state index is 0.0936. The number of methoxy groups -OCH3 is 1. The minimum atomic E-state index is -0.305. The summed E-state index contributed by atoms with van der Waals surface area (Å²) in [7, 11) is 1.51. The van der Waals surface area contributed by atoms with E-state index in [0.717, 1.165) is 19.3 Å². The first kappa shape index (κ1) is 15.2. The van der Waals surface area contributed by atoms with Crippen LogP contribution < -0.4 is 10.3 Å². The monoisotopic (exact) mass is 263 g/mol. The molecule has 0 aliphatic heterocycles. The summed E-state index contributed by atoms with van der Waals surface area (Å²) in [5, 5.41) is 8.93. The van der Waals surface area contributed by atoms with Crippen LogP contribution in [0.2, 0.25) is 0 Å². The Kier molecular flexibility index (Phi) is 5.11. The van der Waals surface area contributed by atoms with E-state index >= 15 is 0 Å². The summed E-state index contributed by atoms with van der Waals surface area (Å²) in [6.45, 7) is 6.18. The Labute approximate surface area is 113 Å². The molecule has 0 amide bonds. The summed E-state index contributed by atoms with van der Waals surface area (Å²) >= 11 is 0. The van der Waals surface area contributed by atoms with Gasteiger partial charge < -0.3 is 4.74 Å². The lowest BCUT2D eigenvalue weighted by Gasteiger charge is -2.15. The van der Waals surface area contributed by atoms with E-state index in [9.17, 15) is 4.79 Å². The van der Waals surface area contributed by atoms with E-state index in [-0.39, 0.29) is 11.0 Å². The average molecular weight is 263 g/mol. The highest BCUT2D eigenvalue weighted by atomic mass is 16.5. The van der Waals surface area contributed by atoms with Crippen molar-refractivity contribution in [1.29, 1.82) is 5.26 Å². The Bertz CT molecular complexity index is 526. The predicted octanol–water partition coefficient (Wildman–Crippen LogP) is 2.28. The summed E-state index contributed by atoms with van der Waals surface area (Å²) in [5.74, 6) is 0. The number of nitriles is 1. The van der Waals surface area contributed by atoms with Crippen molar-refractivity contribution in [3.63, 3.8) is 0 Å². The molecule has 0 N–H and O–H groups in total. The van der Waals surface area contributed by atoms with Gasteiger partial charge in [0.05, 0.1) is 18.6 Å². The zero-order valence-electron chi connectivity index (χ0n) is 12.1. The SMILES string of the molecule is COc1nc(C)cc(=O)n1CCCCC(C)(C)C#N. The van der Waals surface area contributed by atoms with Gasteiger partial charge in [-0.25, -0.2) is 4.98 Å². The van der Waals surface area contributed by atoms with E-state index in [0.29, 0.717) is 18.2 Å². The standard InChI is InChI=1S/C14H21N3O2/c1-11-9-12(18)17(13(16-11)19-4)8-6-5-7-14(2,3)10-15/h9H,5-8H2,1-4H3. The number of aromatic nitrogens is 2. The van der Waals surface area contributed by atoms with Crippen molar-refractivity contribution < 1.29 is 4.74 Å². The van der Waals surface area contributed by atoms with Crippen molar-refractivity contribution in [2.45, 2.75) is 46.6 Å². The number of rotatable bonds is 6. The van der Waals surface area contributed by atoms with Crippen molar-refractivity contribution in [3.05, 3.63) is 22.1 Å². The van der Waals surface area contributed by atoms with E-state index in [2.05, 4.69) is 11.1 Å². The van der Waals surface area contributed by atoms with Crippen LogP contribution in [0.3, 0.4) is 0 Å². The van der Waals surface area contributed by atoms with Gasteiger partial charge in [0, 0.05) is 18.3 Å². The van der Waals surface area contributed by atoms with E-state index in [1.807, 2.05) is 13.8 Å². The number of nitrogens with zero attached hydrogens (tertiary/aromatic N) is 3. The molecule has 19 heavy (non-hydrogen) atoms. The molecule has 0 bridgehead atoms. The molecular formula is C14H21N3O2. The Morgan fingerprint density at radius 3 is 2.74 bits per heavy atom. The fourth-order valence-electron chi connectivity index (χ4n) is 1.85. The lowest BCUT2D eigenvalue weighted by Crippen LogP contribution is -2.23. The lowest BCUT2D eigenvalue weighted by molar-refractivity contribution is 0.336. The van der Waals surface area contributed by atoms with E-state index in [1.165, 1.54) is 17.7 Å². The first-order valence-electron chi connectivity index (χ1n) is 6.43. The zero-order chi connectivity index (χ0) is 14.5. The molecule has 1 heterocycles. The summed E-state index contributed by atoms with van der Waals surface area (Å²) < 4.78 is 6.66. The van der Waals surface area contributed by atoms with Crippen LogP contribution in [0.4, 0.5) is 0 Å². The van der Waals surface area contributed by atoms with Gasteiger partial charge in [0.1, 0.15) is 0 Å². The van der Waals surface area contributed by atoms with Gasteiger partial charge in [0.2, 0.25) is 0 Å². The van der Waals surface area contributed by atoms with Crippen LogP contribution in [0, 0.1) is 23.7 Å². The predicted molar refractivity (Wildman–Crippen MR) is 73.0 cm³/mol. The van der Waals surface area contributed by atoms with E-state index in [4.69, 9.17) is 10.00 Å². The molecule has 0 saturated heterocycles. The molecule has 0 saturated carbocycles. The first-order valence-corrected chi connectivity index (χ1v) is 6.43. The minimum Gasteiger partial charge on any atom is -0.468 e. The topological polar surface area (TPSA) is 67.9 Å². The van der Waals surface area contributed by atoms with E-state index < -0.39 is 0 Å². The quantitative estimate of drug-likeness (QED) is 0.738. The Morgan fingerprint density at radius 1 is 1.47 bits per heavy atom. The maximum absolute atomic E-state index is 11.9. The molecule has 0 unspecified atom stereocenters. The van der Waals surface area contributed by atoms with Crippen molar-refractivity contribution in [3.8, 4) is 12.1 Å². The lowest BCUT2D eigenvalue weighted by atomic mass is 9.89. The number of ether oxygens (including phenoxy) is 1. The van der Waals surface area contributed by atoms with Gasteiger partial charge in [-0.15, -0.1) is 0 Å². The van der Waals surface area contributed by atoms with E-state index in [1.54, 1.807) is 6.92 Å². The molecule has 104 valence electrons. The third kappa shape index (κ3) is 4.40. The van der Waals surface area contributed by atoms with Gasteiger partial charge in [-0.2, -0.15) is 5.26 Å². The molecule has 5 nitrogen and oxygen atoms in total. The Balaban J connectivity index is 2.64. The molecule has 0 atom stereocenters. The van der Waals surface area contributed by atoms with Crippen LogP contribution in [0.15, 0.2) is 10.9 Å². The van der Waals surface area contributed by atoms with Gasteiger partial charge in [0.25, 0.3) is 11.6 Å². The van der Waals surface area contributed by atoms with Crippen LogP contribution in [-0.4, -0.2) is 16.7 Å². The van der Waals surface area contributed by atoms with Gasteiger partial charge in [-0.05, 0) is 33.6 Å². The van der Waals surface area contributed by atoms with Crippen molar-refractivity contribution in [2.75, 3.05) is 7.11 Å². The normalized spacial score (nSPS) is 11.1. The molecule has 1 rings (SSSR count). The second-order valence-electron chi connectivity index (χ2n) is 5.33. The Morgan fingerprint density at radius 2 is 2.16 bits per heavy atom. The number of hydrogen-bond acceptors (Lipinski definition) is 4. The Hall–Kier alpha value is -1.83. The molecule has 0 spiro atoms. The smallest absolute Gasteiger partial charge is 0.299 e. The van der Waals surface area contributed by atoms with Crippen molar-refractivity contribution in [1.82, 2.24) is 9.55 Å². The van der Waals surface area contributed by atoms with Gasteiger partial charge >= 0.3 is 0 Å². The summed E-state index contributed by atoms with van der Waals surface area (Å²) in [5.41, 5.74) is 0.258. The largest absolute Gasteiger partial charge is 0.468 e. The number of aryl methyl sites for hydroxylation is 1. The molecule has 5 heteroatoms. The fourth-order valence-corrected chi connectivity index (χ4v) is 1.85. The summed E-state index contributed by atoms with van der Waals surface area (Å²) in [6, 6.07) is 4.13. The third-order valence-electron chi connectivity index (χ3n) is 3.02. The molecule has 0 aromatic carbocycles. The maximum Gasteiger partial charge on any atom is 0.299 e. The maximum atomic E-state index is 11.9. The van der Waals surface area contributed by atoms with Crippen LogP contribution in [0.1, 0.15) is 38.8 Å². The molecule has 1 aromatic rings. The van der Waals surface area contributed by atoms with Gasteiger partial charge in [-0.1, -0.05) is 6.42 Å². The molecule has 1 aromatic heterocycles. The highest BCUT2D eigenvalue weighted by Gasteiger charge is 2.15. The van der Waals surface area contributed by atoms with Crippen LogP contribution in [0.25, 0.3) is 0 Å². The first-order chi connectivity index (χ1) is 8.89. The van der Waals surface area contributed by atoms with Crippen LogP contribution >= 0.6 is 0 Å². The summed E-state index contributed by atoms with van der Waals surface area (Å²) in [6.07, 6.45) is 2.54. The van der Waals surface area contributed by atoms with Crippen molar-refractivity contribution in [2.24, 2.45) is 5.41 Å². The van der Waals surface area contributed by atoms with Gasteiger partial charge in [-0.3, -0.25) is 9.36 Å². The highest BCUT2D eigenvalue weighted by Crippen LogP contribution is 2.21. The molecule has 0 fully saturated rings. The highest BCUT2D eigenvalue weighted by molar-refractivity contribution is 5.06. The molecule has 0 aliphatic rings. The van der Waals surface area contributed by atoms with Crippen LogP contribution in [-0.2, 0) is 6.54 Å². The zero-order valence-corrected chi connectivity index (χ0v) is 12.1. The molecular weight excluding hydrogens is 242 g/mol.